The Hall–Kier alpha value is -2.76. The first-order chi connectivity index (χ1) is 13.5. The van der Waals surface area contributed by atoms with E-state index >= 15 is 0 Å². The third-order valence-corrected chi connectivity index (χ3v) is 5.64. The number of nitriles is 1. The number of benzene rings is 1. The number of hydrogen-bond acceptors (Lipinski definition) is 7. The van der Waals surface area contributed by atoms with Crippen molar-refractivity contribution >= 4 is 17.7 Å². The van der Waals surface area contributed by atoms with Crippen LogP contribution in [0.2, 0.25) is 0 Å². The number of carbonyl (C=O) groups is 1. The number of rotatable bonds is 6. The fraction of sp³-hybridized carbons (Fsp3) is 0.350. The number of hydrogen-bond donors (Lipinski definition) is 1. The maximum atomic E-state index is 11.3. The number of fused-ring (bicyclic) bond motifs is 1. The monoisotopic (exact) mass is 398 g/mol. The van der Waals surface area contributed by atoms with Crippen LogP contribution in [-0.2, 0) is 17.8 Å². The molecule has 0 unspecified atom stereocenters. The summed E-state index contributed by atoms with van der Waals surface area (Å²) in [5, 5.41) is 10.5. The molecular weight excluding hydrogens is 376 g/mol. The molecular formula is C20H22N4O3S. The van der Waals surface area contributed by atoms with Gasteiger partial charge in [0.15, 0.2) is 11.5 Å². The lowest BCUT2D eigenvalue weighted by Crippen LogP contribution is -2.28. The van der Waals surface area contributed by atoms with Crippen molar-refractivity contribution in [1.29, 1.82) is 5.26 Å². The summed E-state index contributed by atoms with van der Waals surface area (Å²) in [4.78, 5) is 18.2. The molecule has 146 valence electrons. The Morgan fingerprint density at radius 1 is 1.39 bits per heavy atom. The Morgan fingerprint density at radius 3 is 2.82 bits per heavy atom. The van der Waals surface area contributed by atoms with Gasteiger partial charge >= 0.3 is 0 Å². The molecule has 2 N–H and O–H groups in total. The van der Waals surface area contributed by atoms with E-state index in [1.54, 1.807) is 14.2 Å². The molecule has 1 amide bonds. The molecule has 0 bridgehead atoms. The minimum Gasteiger partial charge on any atom is -0.493 e. The molecule has 1 aromatic heterocycles. The fourth-order valence-corrected chi connectivity index (χ4v) is 4.15. The topological polar surface area (TPSA) is 101 Å². The second kappa shape index (κ2) is 8.50. The molecule has 0 radical (unpaired) electrons. The first kappa shape index (κ1) is 20.0. The van der Waals surface area contributed by atoms with E-state index in [0.717, 1.165) is 35.3 Å². The van der Waals surface area contributed by atoms with Crippen LogP contribution in [0.1, 0.15) is 16.8 Å². The molecule has 7 nitrogen and oxygen atoms in total. The highest BCUT2D eigenvalue weighted by atomic mass is 32.2. The van der Waals surface area contributed by atoms with Gasteiger partial charge in [0.05, 0.1) is 25.5 Å². The maximum Gasteiger partial charge on any atom is 0.227 e. The van der Waals surface area contributed by atoms with E-state index < -0.39 is 5.91 Å². The van der Waals surface area contributed by atoms with Gasteiger partial charge in [0.1, 0.15) is 11.1 Å². The minimum absolute atomic E-state index is 0.0645. The van der Waals surface area contributed by atoms with Crippen molar-refractivity contribution in [2.24, 2.45) is 5.73 Å². The van der Waals surface area contributed by atoms with Gasteiger partial charge in [0.25, 0.3) is 0 Å². The minimum atomic E-state index is -0.450. The van der Waals surface area contributed by atoms with E-state index in [2.05, 4.69) is 11.0 Å². The number of thioether (sulfide) groups is 1. The molecule has 0 fully saturated rings. The molecule has 1 aromatic carbocycles. The van der Waals surface area contributed by atoms with E-state index in [9.17, 15) is 10.1 Å². The predicted molar refractivity (Wildman–Crippen MR) is 107 cm³/mol. The lowest BCUT2D eigenvalue weighted by molar-refractivity contribution is -0.115. The number of ether oxygens (including phenoxy) is 2. The SMILES string of the molecule is COc1cccc(-c2c(C#N)c(SCC(N)=O)nc3c2CN(C)CC3)c1OC. The van der Waals surface area contributed by atoms with Crippen LogP contribution >= 0.6 is 11.8 Å². The zero-order valence-electron chi connectivity index (χ0n) is 16.1. The summed E-state index contributed by atoms with van der Waals surface area (Å²) in [5.41, 5.74) is 9.22. The summed E-state index contributed by atoms with van der Waals surface area (Å²) in [6.07, 6.45) is 0.765. The van der Waals surface area contributed by atoms with Gasteiger partial charge in [-0.1, -0.05) is 23.9 Å². The largest absolute Gasteiger partial charge is 0.493 e. The van der Waals surface area contributed by atoms with Crippen molar-refractivity contribution in [2.75, 3.05) is 33.6 Å². The second-order valence-electron chi connectivity index (χ2n) is 6.49. The van der Waals surface area contributed by atoms with Crippen molar-refractivity contribution in [3.05, 3.63) is 35.0 Å². The van der Waals surface area contributed by atoms with Crippen LogP contribution in [0.15, 0.2) is 23.2 Å². The van der Waals surface area contributed by atoms with Gasteiger partial charge in [-0.25, -0.2) is 4.98 Å². The number of amides is 1. The standard InChI is InChI=1S/C20H22N4O3S/c1-24-8-7-15-14(10-24)18(12-5-4-6-16(26-2)19(12)27-3)13(9-21)20(23-15)28-11-17(22)25/h4-6H,7-8,10-11H2,1-3H3,(H2,22,25). The number of pyridine rings is 1. The lowest BCUT2D eigenvalue weighted by Gasteiger charge is -2.28. The molecule has 1 aliphatic rings. The van der Waals surface area contributed by atoms with Crippen molar-refractivity contribution in [3.8, 4) is 28.7 Å². The van der Waals surface area contributed by atoms with Crippen LogP contribution in [0.5, 0.6) is 11.5 Å². The smallest absolute Gasteiger partial charge is 0.227 e. The highest BCUT2D eigenvalue weighted by Crippen LogP contribution is 2.44. The first-order valence-corrected chi connectivity index (χ1v) is 9.75. The number of aromatic nitrogens is 1. The predicted octanol–water partition coefficient (Wildman–Crippen LogP) is 2.20. The summed E-state index contributed by atoms with van der Waals surface area (Å²) in [6.45, 7) is 1.55. The van der Waals surface area contributed by atoms with Crippen LogP contribution in [-0.4, -0.2) is 49.4 Å². The number of para-hydroxylation sites is 1. The number of primary amides is 1. The summed E-state index contributed by atoms with van der Waals surface area (Å²) >= 11 is 1.19. The average molecular weight is 398 g/mol. The van der Waals surface area contributed by atoms with Crippen molar-refractivity contribution in [2.45, 2.75) is 18.0 Å². The molecule has 0 aliphatic carbocycles. The van der Waals surface area contributed by atoms with Crippen LogP contribution in [0, 0.1) is 11.3 Å². The van der Waals surface area contributed by atoms with Gasteiger partial charge in [0, 0.05) is 36.3 Å². The highest BCUT2D eigenvalue weighted by Gasteiger charge is 2.27. The van der Waals surface area contributed by atoms with Crippen LogP contribution in [0.3, 0.4) is 0 Å². The molecule has 2 aromatic rings. The van der Waals surface area contributed by atoms with Crippen molar-refractivity contribution in [1.82, 2.24) is 9.88 Å². The van der Waals surface area contributed by atoms with Crippen LogP contribution in [0.25, 0.3) is 11.1 Å². The van der Waals surface area contributed by atoms with Gasteiger partial charge in [-0.3, -0.25) is 4.79 Å². The van der Waals surface area contributed by atoms with E-state index in [1.165, 1.54) is 11.8 Å². The Bertz CT molecular complexity index is 955. The number of methoxy groups -OCH3 is 2. The van der Waals surface area contributed by atoms with E-state index in [-0.39, 0.29) is 5.75 Å². The van der Waals surface area contributed by atoms with Gasteiger partial charge in [-0.15, -0.1) is 0 Å². The molecule has 0 spiro atoms. The van der Waals surface area contributed by atoms with Crippen LogP contribution < -0.4 is 15.2 Å². The molecule has 1 aliphatic heterocycles. The van der Waals surface area contributed by atoms with Gasteiger partial charge < -0.3 is 20.1 Å². The molecule has 28 heavy (non-hydrogen) atoms. The van der Waals surface area contributed by atoms with Crippen molar-refractivity contribution in [3.63, 3.8) is 0 Å². The second-order valence-corrected chi connectivity index (χ2v) is 7.45. The summed E-state index contributed by atoms with van der Waals surface area (Å²) in [5.74, 6) is 0.766. The summed E-state index contributed by atoms with van der Waals surface area (Å²) in [7, 11) is 5.20. The highest BCUT2D eigenvalue weighted by molar-refractivity contribution is 8.00. The van der Waals surface area contributed by atoms with Gasteiger partial charge in [0.2, 0.25) is 5.91 Å². The maximum absolute atomic E-state index is 11.3. The molecule has 0 saturated carbocycles. The number of nitrogens with two attached hydrogens (primary N) is 1. The van der Waals surface area contributed by atoms with E-state index in [4.69, 9.17) is 20.2 Å². The average Bonchev–Trinajstić information content (AvgIpc) is 2.70. The molecule has 8 heteroatoms. The van der Waals surface area contributed by atoms with E-state index in [0.29, 0.717) is 28.6 Å². The first-order valence-electron chi connectivity index (χ1n) is 8.77. The Labute approximate surface area is 168 Å². The van der Waals surface area contributed by atoms with Gasteiger partial charge in [-0.05, 0) is 18.7 Å². The summed E-state index contributed by atoms with van der Waals surface area (Å²) < 4.78 is 11.1. The van der Waals surface area contributed by atoms with E-state index in [1.807, 2.05) is 25.2 Å². The Balaban J connectivity index is 2.31. The third-order valence-electron chi connectivity index (χ3n) is 4.64. The Kier molecular flexibility index (Phi) is 6.07. The van der Waals surface area contributed by atoms with Gasteiger partial charge in [-0.2, -0.15) is 5.26 Å². The number of carbonyl (C=O) groups excluding carboxylic acids is 1. The number of nitrogens with zero attached hydrogens (tertiary/aromatic N) is 3. The quantitative estimate of drug-likeness (QED) is 0.744. The fourth-order valence-electron chi connectivity index (χ4n) is 3.40. The summed E-state index contributed by atoms with van der Waals surface area (Å²) in [6, 6.07) is 7.89. The zero-order chi connectivity index (χ0) is 20.3. The normalized spacial score (nSPS) is 13.5. The third kappa shape index (κ3) is 3.77. The molecule has 2 heterocycles. The van der Waals surface area contributed by atoms with Crippen molar-refractivity contribution < 1.29 is 14.3 Å². The number of likely N-dealkylation sites (N-methyl/N-ethyl adjacent to an activating group) is 1. The molecule has 0 saturated heterocycles. The lowest BCUT2D eigenvalue weighted by atomic mass is 9.91. The Morgan fingerprint density at radius 2 is 2.18 bits per heavy atom. The molecule has 3 rings (SSSR count). The zero-order valence-corrected chi connectivity index (χ0v) is 16.9. The van der Waals surface area contributed by atoms with Crippen LogP contribution in [0.4, 0.5) is 0 Å². The molecule has 0 atom stereocenters.